The first-order valence-electron chi connectivity index (χ1n) is 6.19. The van der Waals surface area contributed by atoms with Crippen LogP contribution in [0.25, 0.3) is 11.1 Å². The van der Waals surface area contributed by atoms with Gasteiger partial charge in [0, 0.05) is 5.69 Å². The van der Waals surface area contributed by atoms with Gasteiger partial charge in [0.05, 0.1) is 0 Å². The van der Waals surface area contributed by atoms with Gasteiger partial charge in [-0.15, -0.1) is 0 Å². The number of hydrogen-bond acceptors (Lipinski definition) is 2. The Kier molecular flexibility index (Phi) is 3.73. The first-order valence-corrected chi connectivity index (χ1v) is 6.19. The van der Waals surface area contributed by atoms with Crippen LogP contribution >= 0.6 is 0 Å². The minimum Gasteiger partial charge on any atom is -0.433 e. The van der Waals surface area contributed by atoms with Crippen LogP contribution in [0.3, 0.4) is 0 Å². The van der Waals surface area contributed by atoms with E-state index >= 15 is 0 Å². The third kappa shape index (κ3) is 2.74. The van der Waals surface area contributed by atoms with Gasteiger partial charge in [-0.2, -0.15) is 0 Å². The van der Waals surface area contributed by atoms with E-state index in [-0.39, 0.29) is 0 Å². The number of hydrogen-bond donors (Lipinski definition) is 2. The quantitative estimate of drug-likeness (QED) is 0.803. The molecule has 2 nitrogen and oxygen atoms in total. The summed E-state index contributed by atoms with van der Waals surface area (Å²) in [5, 5.41) is 12.4. The summed E-state index contributed by atoms with van der Waals surface area (Å²) < 4.78 is 0. The van der Waals surface area contributed by atoms with Crippen molar-refractivity contribution in [3.8, 4) is 11.1 Å². The van der Waals surface area contributed by atoms with E-state index in [4.69, 9.17) is 0 Å². The summed E-state index contributed by atoms with van der Waals surface area (Å²) in [6, 6.07) is 14.6. The summed E-state index contributed by atoms with van der Waals surface area (Å²) in [5.41, 5.74) is 5.85. The molecule has 0 aliphatic heterocycles. The van der Waals surface area contributed by atoms with Gasteiger partial charge < -0.3 is 10.3 Å². The zero-order valence-electron chi connectivity index (χ0n) is 11.1. The summed E-state index contributed by atoms with van der Waals surface area (Å²) in [5.74, 6) is 0. The molecular formula is C15H18BNO. The standard InChI is InChI=1S/C15H18BNO/c1-11-6-4-5-7-14(11)13-8-9-15(12(2)10-13)17-16(3)18/h4-10,17-18H,1-3H3. The van der Waals surface area contributed by atoms with Gasteiger partial charge in [0.1, 0.15) is 0 Å². The normalized spacial score (nSPS) is 10.2. The monoisotopic (exact) mass is 239 g/mol. The first kappa shape index (κ1) is 12.7. The average Bonchev–Trinajstić information content (AvgIpc) is 2.32. The second-order valence-electron chi connectivity index (χ2n) is 4.66. The van der Waals surface area contributed by atoms with Crippen LogP contribution < -0.4 is 5.23 Å². The zero-order valence-corrected chi connectivity index (χ0v) is 11.1. The largest absolute Gasteiger partial charge is 0.433 e. The molecule has 0 saturated heterocycles. The van der Waals surface area contributed by atoms with Crippen LogP contribution in [-0.2, 0) is 0 Å². The highest BCUT2D eigenvalue weighted by atomic mass is 16.2. The molecule has 18 heavy (non-hydrogen) atoms. The van der Waals surface area contributed by atoms with Crippen LogP contribution in [0.15, 0.2) is 42.5 Å². The number of nitrogens with one attached hydrogen (secondary N) is 1. The van der Waals surface area contributed by atoms with Gasteiger partial charge >= 0.3 is 7.05 Å². The summed E-state index contributed by atoms with van der Waals surface area (Å²) in [6.45, 7) is 5.88. The van der Waals surface area contributed by atoms with E-state index in [1.54, 1.807) is 6.82 Å². The van der Waals surface area contributed by atoms with Crippen molar-refractivity contribution in [1.29, 1.82) is 0 Å². The lowest BCUT2D eigenvalue weighted by molar-refractivity contribution is 0.587. The third-order valence-electron chi connectivity index (χ3n) is 3.05. The lowest BCUT2D eigenvalue weighted by atomic mass is 9.87. The fraction of sp³-hybridized carbons (Fsp3) is 0.200. The Balaban J connectivity index is 2.38. The van der Waals surface area contributed by atoms with Gasteiger partial charge in [0.25, 0.3) is 0 Å². The molecule has 0 aliphatic carbocycles. The van der Waals surface area contributed by atoms with Crippen LogP contribution in [0.4, 0.5) is 5.69 Å². The van der Waals surface area contributed by atoms with Gasteiger partial charge in [-0.3, -0.25) is 0 Å². The molecule has 0 fully saturated rings. The Labute approximate surface area is 109 Å². The van der Waals surface area contributed by atoms with Crippen molar-refractivity contribution in [3.05, 3.63) is 53.6 Å². The van der Waals surface area contributed by atoms with Gasteiger partial charge in [-0.25, -0.2) is 0 Å². The molecule has 2 N–H and O–H groups in total. The lowest BCUT2D eigenvalue weighted by Gasteiger charge is -2.12. The van der Waals surface area contributed by atoms with E-state index in [0.29, 0.717) is 0 Å². The molecule has 2 rings (SSSR count). The molecule has 3 heteroatoms. The lowest BCUT2D eigenvalue weighted by Crippen LogP contribution is -2.19. The third-order valence-corrected chi connectivity index (χ3v) is 3.05. The van der Waals surface area contributed by atoms with Crippen molar-refractivity contribution < 1.29 is 5.02 Å². The molecule has 0 aromatic heterocycles. The maximum Gasteiger partial charge on any atom is 0.406 e. The van der Waals surface area contributed by atoms with Gasteiger partial charge in [-0.05, 0) is 55.1 Å². The van der Waals surface area contributed by atoms with E-state index in [9.17, 15) is 5.02 Å². The average molecular weight is 239 g/mol. The first-order chi connectivity index (χ1) is 8.58. The topological polar surface area (TPSA) is 32.3 Å². The second kappa shape index (κ2) is 5.28. The van der Waals surface area contributed by atoms with Crippen molar-refractivity contribution in [1.82, 2.24) is 0 Å². The predicted octanol–water partition coefficient (Wildman–Crippen LogP) is 3.49. The van der Waals surface area contributed by atoms with Crippen LogP contribution in [0, 0.1) is 13.8 Å². The van der Waals surface area contributed by atoms with Crippen molar-refractivity contribution in [2.75, 3.05) is 5.23 Å². The predicted molar refractivity (Wildman–Crippen MR) is 78.8 cm³/mol. The van der Waals surface area contributed by atoms with Crippen LogP contribution in [0.5, 0.6) is 0 Å². The highest BCUT2D eigenvalue weighted by Crippen LogP contribution is 2.27. The molecule has 0 saturated carbocycles. The van der Waals surface area contributed by atoms with Crippen LogP contribution in [0.2, 0.25) is 6.82 Å². The van der Waals surface area contributed by atoms with Crippen LogP contribution in [0.1, 0.15) is 11.1 Å². The number of rotatable bonds is 3. The van der Waals surface area contributed by atoms with E-state index < -0.39 is 7.05 Å². The minimum absolute atomic E-state index is 0.534. The molecule has 0 atom stereocenters. The summed E-state index contributed by atoms with van der Waals surface area (Å²) >= 11 is 0. The fourth-order valence-electron chi connectivity index (χ4n) is 2.11. The molecule has 0 unspecified atom stereocenters. The molecule has 0 amide bonds. The van der Waals surface area contributed by atoms with Crippen molar-refractivity contribution in [2.45, 2.75) is 20.7 Å². The smallest absolute Gasteiger partial charge is 0.406 e. The number of aryl methyl sites for hydroxylation is 2. The summed E-state index contributed by atoms with van der Waals surface area (Å²) in [4.78, 5) is 0. The SMILES string of the molecule is CB(O)Nc1ccc(-c2ccccc2C)cc1C. The van der Waals surface area contributed by atoms with E-state index in [0.717, 1.165) is 11.3 Å². The molecule has 2 aromatic rings. The molecule has 0 spiro atoms. The molecule has 2 aromatic carbocycles. The minimum atomic E-state index is -0.534. The Morgan fingerprint density at radius 2 is 1.72 bits per heavy atom. The van der Waals surface area contributed by atoms with E-state index in [2.05, 4.69) is 48.5 Å². The second-order valence-corrected chi connectivity index (χ2v) is 4.66. The van der Waals surface area contributed by atoms with Crippen molar-refractivity contribution in [3.63, 3.8) is 0 Å². The van der Waals surface area contributed by atoms with Gasteiger partial charge in [-0.1, -0.05) is 30.3 Å². The Morgan fingerprint density at radius 1 is 1.00 bits per heavy atom. The fourth-order valence-corrected chi connectivity index (χ4v) is 2.11. The van der Waals surface area contributed by atoms with Crippen molar-refractivity contribution in [2.24, 2.45) is 0 Å². The number of benzene rings is 2. The maximum atomic E-state index is 9.35. The molecule has 92 valence electrons. The maximum absolute atomic E-state index is 9.35. The van der Waals surface area contributed by atoms with E-state index in [1.165, 1.54) is 16.7 Å². The van der Waals surface area contributed by atoms with Gasteiger partial charge in [0.15, 0.2) is 0 Å². The Bertz CT molecular complexity index is 552. The van der Waals surface area contributed by atoms with Crippen LogP contribution in [-0.4, -0.2) is 12.1 Å². The zero-order chi connectivity index (χ0) is 13.1. The van der Waals surface area contributed by atoms with E-state index in [1.807, 2.05) is 13.0 Å². The molecule has 0 heterocycles. The van der Waals surface area contributed by atoms with Gasteiger partial charge in [0.2, 0.25) is 0 Å². The Hall–Kier alpha value is -1.74. The van der Waals surface area contributed by atoms with Crippen molar-refractivity contribution >= 4 is 12.7 Å². The highest BCUT2D eigenvalue weighted by molar-refractivity contribution is 6.52. The molecule has 0 aliphatic rings. The number of anilines is 1. The molecule has 0 radical (unpaired) electrons. The molecule has 0 bridgehead atoms. The molecular weight excluding hydrogens is 221 g/mol. The summed E-state index contributed by atoms with van der Waals surface area (Å²) in [6.07, 6.45) is 0. The Morgan fingerprint density at radius 3 is 2.33 bits per heavy atom. The summed E-state index contributed by atoms with van der Waals surface area (Å²) in [7, 11) is -0.534. The highest BCUT2D eigenvalue weighted by Gasteiger charge is 2.07.